The third-order valence-electron chi connectivity index (χ3n) is 2.90. The van der Waals surface area contributed by atoms with Gasteiger partial charge < -0.3 is 14.8 Å². The number of rotatable bonds is 5. The molecule has 0 fully saturated rings. The van der Waals surface area contributed by atoms with Crippen molar-refractivity contribution in [2.75, 3.05) is 13.2 Å². The summed E-state index contributed by atoms with van der Waals surface area (Å²) in [6.45, 7) is 4.01. The van der Waals surface area contributed by atoms with Crippen molar-refractivity contribution in [1.82, 2.24) is 5.32 Å². The highest BCUT2D eigenvalue weighted by Crippen LogP contribution is 2.25. The SMILES string of the molecule is CCOC(=O)C1=C(OCC)C(=Cc2ccc(Br)cc2)NC1=O. The zero-order valence-corrected chi connectivity index (χ0v) is 13.9. The lowest BCUT2D eigenvalue weighted by molar-refractivity contribution is -0.140. The molecule has 0 bridgehead atoms. The summed E-state index contributed by atoms with van der Waals surface area (Å²) in [7, 11) is 0. The lowest BCUT2D eigenvalue weighted by Crippen LogP contribution is -2.21. The zero-order chi connectivity index (χ0) is 16.1. The molecule has 1 aromatic carbocycles. The van der Waals surface area contributed by atoms with Crippen LogP contribution in [0.5, 0.6) is 0 Å². The molecule has 22 heavy (non-hydrogen) atoms. The minimum absolute atomic E-state index is 0.0907. The summed E-state index contributed by atoms with van der Waals surface area (Å²) in [5.41, 5.74) is 1.24. The van der Waals surface area contributed by atoms with Crippen molar-refractivity contribution in [3.63, 3.8) is 0 Å². The van der Waals surface area contributed by atoms with Gasteiger partial charge in [0.05, 0.1) is 18.9 Å². The lowest BCUT2D eigenvalue weighted by Gasteiger charge is -2.07. The lowest BCUT2D eigenvalue weighted by atomic mass is 10.1. The smallest absolute Gasteiger partial charge is 0.347 e. The van der Waals surface area contributed by atoms with Crippen molar-refractivity contribution >= 4 is 33.9 Å². The van der Waals surface area contributed by atoms with E-state index in [0.29, 0.717) is 12.3 Å². The van der Waals surface area contributed by atoms with Crippen LogP contribution >= 0.6 is 15.9 Å². The number of nitrogens with one attached hydrogen (secondary N) is 1. The normalized spacial score (nSPS) is 16.0. The number of carbonyl (C=O) groups is 2. The second-order valence-corrected chi connectivity index (χ2v) is 5.34. The van der Waals surface area contributed by atoms with Crippen LogP contribution in [0.4, 0.5) is 0 Å². The highest BCUT2D eigenvalue weighted by Gasteiger charge is 2.34. The molecule has 1 heterocycles. The molecule has 0 radical (unpaired) electrons. The van der Waals surface area contributed by atoms with Crippen LogP contribution < -0.4 is 5.32 Å². The predicted molar refractivity (Wildman–Crippen MR) is 85.5 cm³/mol. The van der Waals surface area contributed by atoms with E-state index < -0.39 is 11.9 Å². The van der Waals surface area contributed by atoms with E-state index >= 15 is 0 Å². The maximum absolute atomic E-state index is 12.0. The van der Waals surface area contributed by atoms with Crippen LogP contribution in [0.25, 0.3) is 6.08 Å². The van der Waals surface area contributed by atoms with Crippen molar-refractivity contribution in [3.05, 3.63) is 51.3 Å². The van der Waals surface area contributed by atoms with Crippen LogP contribution in [0.3, 0.4) is 0 Å². The Labute approximate surface area is 137 Å². The van der Waals surface area contributed by atoms with Crippen molar-refractivity contribution in [2.45, 2.75) is 13.8 Å². The molecule has 1 amide bonds. The van der Waals surface area contributed by atoms with Gasteiger partial charge >= 0.3 is 5.97 Å². The molecule has 1 aliphatic heterocycles. The molecule has 0 aliphatic carbocycles. The first-order chi connectivity index (χ1) is 10.6. The maximum atomic E-state index is 12.0. The highest BCUT2D eigenvalue weighted by molar-refractivity contribution is 9.10. The molecule has 2 rings (SSSR count). The van der Waals surface area contributed by atoms with E-state index in [2.05, 4.69) is 21.2 Å². The van der Waals surface area contributed by atoms with E-state index in [1.54, 1.807) is 19.9 Å². The predicted octanol–water partition coefficient (Wildman–Crippen LogP) is 2.77. The number of ether oxygens (including phenoxy) is 2. The summed E-state index contributed by atoms with van der Waals surface area (Å²) in [5, 5.41) is 2.65. The molecule has 0 spiro atoms. The molecule has 0 saturated carbocycles. The molecule has 0 unspecified atom stereocenters. The monoisotopic (exact) mass is 365 g/mol. The molecule has 0 aromatic heterocycles. The molecule has 0 atom stereocenters. The second kappa shape index (κ2) is 7.26. The number of carbonyl (C=O) groups excluding carboxylic acids is 2. The molecule has 1 aromatic rings. The molecule has 1 aliphatic rings. The Hall–Kier alpha value is -2.08. The number of esters is 1. The number of benzene rings is 1. The van der Waals surface area contributed by atoms with Crippen molar-refractivity contribution in [2.24, 2.45) is 0 Å². The molecule has 6 heteroatoms. The Morgan fingerprint density at radius 1 is 1.23 bits per heavy atom. The molecule has 5 nitrogen and oxygen atoms in total. The van der Waals surface area contributed by atoms with Crippen molar-refractivity contribution < 1.29 is 19.1 Å². The van der Waals surface area contributed by atoms with Crippen LogP contribution in [0, 0.1) is 0 Å². The topological polar surface area (TPSA) is 64.6 Å². The fourth-order valence-electron chi connectivity index (χ4n) is 1.99. The summed E-state index contributed by atoms with van der Waals surface area (Å²) in [4.78, 5) is 24.0. The van der Waals surface area contributed by atoms with Gasteiger partial charge in [-0.1, -0.05) is 28.1 Å². The summed E-state index contributed by atoms with van der Waals surface area (Å²) >= 11 is 3.36. The highest BCUT2D eigenvalue weighted by atomic mass is 79.9. The van der Waals surface area contributed by atoms with Crippen LogP contribution in [0.1, 0.15) is 19.4 Å². The average Bonchev–Trinajstić information content (AvgIpc) is 2.78. The van der Waals surface area contributed by atoms with Crippen LogP contribution in [0.2, 0.25) is 0 Å². The summed E-state index contributed by atoms with van der Waals surface area (Å²) in [5.74, 6) is -0.957. The first kappa shape index (κ1) is 16.3. The van der Waals surface area contributed by atoms with Crippen molar-refractivity contribution in [1.29, 1.82) is 0 Å². The van der Waals surface area contributed by atoms with Gasteiger partial charge in [0.2, 0.25) is 0 Å². The molecule has 1 N–H and O–H groups in total. The summed E-state index contributed by atoms with van der Waals surface area (Å²) in [6.07, 6.45) is 1.75. The molecular formula is C16H16BrNO4. The minimum Gasteiger partial charge on any atom is -0.491 e. The number of halogens is 1. The van der Waals surface area contributed by atoms with E-state index in [0.717, 1.165) is 10.0 Å². The Morgan fingerprint density at radius 3 is 2.50 bits per heavy atom. The Kier molecular flexibility index (Phi) is 5.38. The standard InChI is InChI=1S/C16H16BrNO4/c1-3-21-14-12(9-10-5-7-11(17)8-6-10)18-15(19)13(14)16(20)22-4-2/h5-9H,3-4H2,1-2H3,(H,18,19). The van der Waals surface area contributed by atoms with Gasteiger partial charge in [-0.25, -0.2) is 4.79 Å². The maximum Gasteiger partial charge on any atom is 0.347 e. The zero-order valence-electron chi connectivity index (χ0n) is 12.3. The average molecular weight is 366 g/mol. The van der Waals surface area contributed by atoms with Gasteiger partial charge in [-0.05, 0) is 37.6 Å². The third-order valence-corrected chi connectivity index (χ3v) is 3.42. The van der Waals surface area contributed by atoms with Gasteiger partial charge in [0, 0.05) is 4.47 Å². The van der Waals surface area contributed by atoms with Gasteiger partial charge in [-0.2, -0.15) is 0 Å². The second-order valence-electron chi connectivity index (χ2n) is 4.42. The number of hydrogen-bond acceptors (Lipinski definition) is 4. The van der Waals surface area contributed by atoms with E-state index in [1.807, 2.05) is 24.3 Å². The summed E-state index contributed by atoms with van der Waals surface area (Å²) < 4.78 is 11.4. The molecule has 116 valence electrons. The van der Waals surface area contributed by atoms with Crippen LogP contribution in [0.15, 0.2) is 45.8 Å². The Bertz CT molecular complexity index is 647. The van der Waals surface area contributed by atoms with Crippen LogP contribution in [-0.2, 0) is 19.1 Å². The first-order valence-corrected chi connectivity index (χ1v) is 7.69. The Morgan fingerprint density at radius 2 is 1.91 bits per heavy atom. The number of amides is 1. The largest absolute Gasteiger partial charge is 0.491 e. The first-order valence-electron chi connectivity index (χ1n) is 6.90. The van der Waals surface area contributed by atoms with E-state index in [-0.39, 0.29) is 17.9 Å². The molecule has 0 saturated heterocycles. The fraction of sp³-hybridized carbons (Fsp3) is 0.250. The summed E-state index contributed by atoms with van der Waals surface area (Å²) in [6, 6.07) is 7.54. The van der Waals surface area contributed by atoms with Gasteiger partial charge in [-0.3, -0.25) is 4.79 Å². The van der Waals surface area contributed by atoms with E-state index in [9.17, 15) is 9.59 Å². The molecular weight excluding hydrogens is 350 g/mol. The third kappa shape index (κ3) is 3.57. The van der Waals surface area contributed by atoms with Gasteiger partial charge in [-0.15, -0.1) is 0 Å². The Balaban J connectivity index is 2.41. The van der Waals surface area contributed by atoms with Crippen molar-refractivity contribution in [3.8, 4) is 0 Å². The van der Waals surface area contributed by atoms with Crippen LogP contribution in [-0.4, -0.2) is 25.1 Å². The van der Waals surface area contributed by atoms with E-state index in [1.165, 1.54) is 0 Å². The van der Waals surface area contributed by atoms with Gasteiger partial charge in [0.15, 0.2) is 11.3 Å². The van der Waals surface area contributed by atoms with E-state index in [4.69, 9.17) is 9.47 Å². The minimum atomic E-state index is -0.678. The fourth-order valence-corrected chi connectivity index (χ4v) is 2.25. The number of hydrogen-bond donors (Lipinski definition) is 1. The quantitative estimate of drug-likeness (QED) is 0.643. The van der Waals surface area contributed by atoms with Gasteiger partial charge in [0.1, 0.15) is 0 Å². The van der Waals surface area contributed by atoms with Gasteiger partial charge in [0.25, 0.3) is 5.91 Å².